The van der Waals surface area contributed by atoms with Crippen molar-refractivity contribution in [2.24, 2.45) is 0 Å². The Balaban J connectivity index is 0.000000142. The van der Waals surface area contributed by atoms with Crippen LogP contribution in [0.2, 0.25) is 0 Å². The fourth-order valence-corrected chi connectivity index (χ4v) is 8.89. The monoisotopic (exact) mass is 700 g/mol. The molecule has 0 fully saturated rings. The van der Waals surface area contributed by atoms with Gasteiger partial charge in [-0.2, -0.15) is 0 Å². The Morgan fingerprint density at radius 3 is 0.611 bits per heavy atom. The molecule has 0 saturated heterocycles. The molecule has 4 heteroatoms. The number of fused-ring (bicyclic) bond motifs is 6. The highest BCUT2D eigenvalue weighted by Crippen LogP contribution is 2.57. The van der Waals surface area contributed by atoms with Gasteiger partial charge >= 0.3 is 0 Å². The molecule has 0 heterocycles. The van der Waals surface area contributed by atoms with Crippen LogP contribution in [-0.2, 0) is 10.8 Å². The van der Waals surface area contributed by atoms with Gasteiger partial charge in [0.2, 0.25) is 0 Å². The van der Waals surface area contributed by atoms with Crippen molar-refractivity contribution < 1.29 is 20.4 Å². The Morgan fingerprint density at radius 1 is 0.222 bits per heavy atom. The first-order chi connectivity index (χ1) is 26.4. The summed E-state index contributed by atoms with van der Waals surface area (Å²) in [4.78, 5) is 0. The quantitative estimate of drug-likeness (QED) is 0.147. The smallest absolute Gasteiger partial charge is 0.115 e. The number of phenols is 4. The summed E-state index contributed by atoms with van der Waals surface area (Å²) in [5, 5.41) is 39.4. The van der Waals surface area contributed by atoms with E-state index in [0.717, 1.165) is 22.3 Å². The third-order valence-corrected chi connectivity index (χ3v) is 11.1. The average Bonchev–Trinajstić information content (AvgIpc) is 3.68. The molecule has 0 unspecified atom stereocenters. The Hall–Kier alpha value is -7.04. The van der Waals surface area contributed by atoms with E-state index in [1.54, 1.807) is 48.5 Å². The zero-order valence-electron chi connectivity index (χ0n) is 29.3. The second-order valence-electron chi connectivity index (χ2n) is 13.9. The Morgan fingerprint density at radius 2 is 0.407 bits per heavy atom. The molecule has 8 aromatic carbocycles. The molecular weight excluding hydrogens is 665 g/mol. The molecule has 260 valence electrons. The van der Waals surface area contributed by atoms with Crippen molar-refractivity contribution in [3.63, 3.8) is 0 Å². The molecule has 0 spiro atoms. The molecule has 0 amide bonds. The summed E-state index contributed by atoms with van der Waals surface area (Å²) >= 11 is 0. The molecule has 10 rings (SSSR count). The van der Waals surface area contributed by atoms with Gasteiger partial charge in [0.25, 0.3) is 0 Å². The van der Waals surface area contributed by atoms with E-state index in [1.807, 2.05) is 48.5 Å². The van der Waals surface area contributed by atoms with Gasteiger partial charge in [0, 0.05) is 0 Å². The van der Waals surface area contributed by atoms with E-state index in [9.17, 15) is 20.4 Å². The van der Waals surface area contributed by atoms with E-state index in [4.69, 9.17) is 0 Å². The van der Waals surface area contributed by atoms with E-state index in [0.29, 0.717) is 0 Å². The molecule has 4 N–H and O–H groups in total. The fraction of sp³-hybridized carbons (Fsp3) is 0.0400. The van der Waals surface area contributed by atoms with Gasteiger partial charge in [-0.05, 0) is 115 Å². The Kier molecular flexibility index (Phi) is 7.83. The van der Waals surface area contributed by atoms with E-state index in [1.165, 1.54) is 44.5 Å². The molecule has 8 aromatic rings. The first-order valence-electron chi connectivity index (χ1n) is 18.0. The molecule has 0 aromatic heterocycles. The summed E-state index contributed by atoms with van der Waals surface area (Å²) in [6, 6.07) is 63.7. The lowest BCUT2D eigenvalue weighted by atomic mass is 9.68. The lowest BCUT2D eigenvalue weighted by Crippen LogP contribution is -2.28. The maximum Gasteiger partial charge on any atom is 0.115 e. The molecule has 4 nitrogen and oxygen atoms in total. The topological polar surface area (TPSA) is 80.9 Å². The number of phenolic OH excluding ortho intramolecular Hbond substituents is 4. The van der Waals surface area contributed by atoms with Crippen LogP contribution in [0, 0.1) is 0 Å². The van der Waals surface area contributed by atoms with Gasteiger partial charge in [-0.15, -0.1) is 0 Å². The predicted molar refractivity (Wildman–Crippen MR) is 214 cm³/mol. The molecule has 0 radical (unpaired) electrons. The highest BCUT2D eigenvalue weighted by atomic mass is 16.3. The van der Waals surface area contributed by atoms with E-state index in [2.05, 4.69) is 97.1 Å². The number of aromatic hydroxyl groups is 4. The van der Waals surface area contributed by atoms with Crippen molar-refractivity contribution in [1.82, 2.24) is 0 Å². The van der Waals surface area contributed by atoms with Crippen LogP contribution in [0.1, 0.15) is 44.5 Å². The summed E-state index contributed by atoms with van der Waals surface area (Å²) in [5.74, 6) is 0.997. The molecule has 0 atom stereocenters. The molecule has 0 saturated carbocycles. The summed E-state index contributed by atoms with van der Waals surface area (Å²) in [5.41, 5.74) is 13.1. The van der Waals surface area contributed by atoms with Gasteiger partial charge in [0.15, 0.2) is 0 Å². The normalized spacial score (nSPS) is 13.8. The average molecular weight is 701 g/mol. The zero-order valence-corrected chi connectivity index (χ0v) is 29.3. The van der Waals surface area contributed by atoms with Crippen LogP contribution in [0.4, 0.5) is 0 Å². The van der Waals surface area contributed by atoms with Crippen molar-refractivity contribution in [2.45, 2.75) is 10.8 Å². The number of hydrogen-bond donors (Lipinski definition) is 4. The van der Waals surface area contributed by atoms with Crippen LogP contribution >= 0.6 is 0 Å². The summed E-state index contributed by atoms with van der Waals surface area (Å²) in [6.07, 6.45) is 0. The van der Waals surface area contributed by atoms with Gasteiger partial charge < -0.3 is 20.4 Å². The van der Waals surface area contributed by atoms with Gasteiger partial charge in [-0.1, -0.05) is 146 Å². The minimum atomic E-state index is -0.491. The maximum atomic E-state index is 9.85. The lowest BCUT2D eigenvalue weighted by Gasteiger charge is -2.33. The first-order valence-corrected chi connectivity index (χ1v) is 18.0. The fourth-order valence-electron chi connectivity index (χ4n) is 8.89. The number of benzene rings is 8. The van der Waals surface area contributed by atoms with Crippen molar-refractivity contribution in [2.75, 3.05) is 0 Å². The maximum absolute atomic E-state index is 9.85. The molecule has 0 aliphatic heterocycles. The van der Waals surface area contributed by atoms with Crippen LogP contribution in [0.25, 0.3) is 22.3 Å². The van der Waals surface area contributed by atoms with Crippen molar-refractivity contribution in [3.05, 3.63) is 239 Å². The van der Waals surface area contributed by atoms with E-state index >= 15 is 0 Å². The van der Waals surface area contributed by atoms with Crippen LogP contribution in [-0.4, -0.2) is 20.4 Å². The summed E-state index contributed by atoms with van der Waals surface area (Å²) in [7, 11) is 0. The van der Waals surface area contributed by atoms with Crippen molar-refractivity contribution in [3.8, 4) is 45.3 Å². The molecule has 2 aliphatic carbocycles. The Labute approximate surface area is 314 Å². The van der Waals surface area contributed by atoms with Crippen molar-refractivity contribution >= 4 is 0 Å². The molecule has 0 bridgehead atoms. The SMILES string of the molecule is Oc1ccc(C2(c3ccc(O)cc3)c3ccccc3-c3ccccc32)cc1.Oc1ccc(C2(c3ccc(O)cc3)c3ccccc3-c3ccccc32)cc1. The zero-order chi connectivity index (χ0) is 36.9. The van der Waals surface area contributed by atoms with Crippen LogP contribution in [0.15, 0.2) is 194 Å². The first kappa shape index (κ1) is 32.8. The number of hydrogen-bond acceptors (Lipinski definition) is 4. The largest absolute Gasteiger partial charge is 0.508 e. The summed E-state index contributed by atoms with van der Waals surface area (Å²) < 4.78 is 0. The van der Waals surface area contributed by atoms with Crippen LogP contribution in [0.5, 0.6) is 23.0 Å². The summed E-state index contributed by atoms with van der Waals surface area (Å²) in [6.45, 7) is 0. The van der Waals surface area contributed by atoms with Gasteiger partial charge in [-0.25, -0.2) is 0 Å². The van der Waals surface area contributed by atoms with E-state index in [-0.39, 0.29) is 23.0 Å². The molecule has 54 heavy (non-hydrogen) atoms. The van der Waals surface area contributed by atoms with E-state index < -0.39 is 10.8 Å². The van der Waals surface area contributed by atoms with Gasteiger partial charge in [-0.3, -0.25) is 0 Å². The third kappa shape index (κ3) is 4.91. The standard InChI is InChI=1S/2C25H18O2/c2*26-19-13-9-17(10-14-19)25(18-11-15-20(27)16-12-18)23-7-3-1-5-21(23)22-6-2-4-8-24(22)25/h2*1-16,26-27H. The minimum Gasteiger partial charge on any atom is -0.508 e. The van der Waals surface area contributed by atoms with Crippen LogP contribution < -0.4 is 0 Å². The lowest BCUT2D eigenvalue weighted by molar-refractivity contribution is 0.473. The van der Waals surface area contributed by atoms with Crippen molar-refractivity contribution in [1.29, 1.82) is 0 Å². The Bertz CT molecular complexity index is 2250. The van der Waals surface area contributed by atoms with Gasteiger partial charge in [0.05, 0.1) is 10.8 Å². The minimum absolute atomic E-state index is 0.249. The molecular formula is C50H36O4. The second-order valence-corrected chi connectivity index (χ2v) is 13.9. The van der Waals surface area contributed by atoms with Gasteiger partial charge in [0.1, 0.15) is 23.0 Å². The second kappa shape index (κ2) is 12.9. The highest BCUT2D eigenvalue weighted by molar-refractivity contribution is 5.87. The highest BCUT2D eigenvalue weighted by Gasteiger charge is 2.47. The van der Waals surface area contributed by atoms with Crippen LogP contribution in [0.3, 0.4) is 0 Å². The molecule has 2 aliphatic rings. The third-order valence-electron chi connectivity index (χ3n) is 11.1. The number of rotatable bonds is 4. The predicted octanol–water partition coefficient (Wildman–Crippen LogP) is 10.9.